The van der Waals surface area contributed by atoms with E-state index in [1.165, 1.54) is 37.7 Å². The number of nitrogens with one attached hydrogen (secondary N) is 1. The number of ether oxygens (including phenoxy) is 1. The number of nitrogens with zero attached hydrogens (tertiary/aromatic N) is 2. The Bertz CT molecular complexity index is 585. The smallest absolute Gasteiger partial charge is 0.194 e. The molecule has 2 saturated carbocycles. The van der Waals surface area contributed by atoms with E-state index < -0.39 is 0 Å². The van der Waals surface area contributed by atoms with Crippen LogP contribution in [-0.2, 0) is 11.3 Å². The highest BCUT2D eigenvalue weighted by atomic mass is 127. The van der Waals surface area contributed by atoms with Crippen LogP contribution in [0.5, 0.6) is 0 Å². The van der Waals surface area contributed by atoms with Crippen LogP contribution < -0.4 is 5.32 Å². The van der Waals surface area contributed by atoms with Crippen LogP contribution in [-0.4, -0.2) is 43.2 Å². The van der Waals surface area contributed by atoms with Crippen LogP contribution in [0.1, 0.15) is 44.6 Å². The lowest BCUT2D eigenvalue weighted by molar-refractivity contribution is -0.125. The summed E-state index contributed by atoms with van der Waals surface area (Å²) in [6.45, 7) is 4.80. The van der Waals surface area contributed by atoms with Gasteiger partial charge in [-0.1, -0.05) is 12.8 Å². The first-order valence-electron chi connectivity index (χ1n) is 9.39. The first-order chi connectivity index (χ1) is 11.7. The number of aliphatic imine (C=N–C) groups is 1. The highest BCUT2D eigenvalue weighted by Crippen LogP contribution is 2.60. The molecule has 0 radical (unpaired) electrons. The van der Waals surface area contributed by atoms with Gasteiger partial charge in [0.15, 0.2) is 5.96 Å². The summed E-state index contributed by atoms with van der Waals surface area (Å²) in [6, 6.07) is 2.75. The third-order valence-electron chi connectivity index (χ3n) is 6.24. The monoisotopic (exact) mass is 475 g/mol. The largest absolute Gasteiger partial charge is 0.377 e. The predicted octanol–water partition coefficient (Wildman–Crippen LogP) is 4.11. The van der Waals surface area contributed by atoms with E-state index >= 15 is 0 Å². The van der Waals surface area contributed by atoms with Crippen LogP contribution >= 0.6 is 35.3 Å². The third-order valence-corrected chi connectivity index (χ3v) is 6.97. The Hall–Kier alpha value is -0.340. The molecule has 1 spiro atoms. The van der Waals surface area contributed by atoms with E-state index in [2.05, 4.69) is 41.0 Å². The van der Waals surface area contributed by atoms with Gasteiger partial charge in [-0.15, -0.1) is 24.0 Å². The summed E-state index contributed by atoms with van der Waals surface area (Å²) in [7, 11) is 2.15. The Labute approximate surface area is 172 Å². The second-order valence-electron chi connectivity index (χ2n) is 7.59. The molecule has 3 atom stereocenters. The molecule has 0 amide bonds. The predicted molar refractivity (Wildman–Crippen MR) is 115 cm³/mol. The molecule has 25 heavy (non-hydrogen) atoms. The highest BCUT2D eigenvalue weighted by molar-refractivity contribution is 14.0. The summed E-state index contributed by atoms with van der Waals surface area (Å²) in [5, 5.41) is 8.24. The zero-order chi connectivity index (χ0) is 16.6. The van der Waals surface area contributed by atoms with Crippen LogP contribution in [0.15, 0.2) is 21.8 Å². The molecular weight excluding hydrogens is 445 g/mol. The van der Waals surface area contributed by atoms with Crippen molar-refractivity contribution in [2.24, 2.45) is 16.3 Å². The van der Waals surface area contributed by atoms with E-state index in [9.17, 15) is 0 Å². The van der Waals surface area contributed by atoms with Crippen molar-refractivity contribution in [2.75, 3.05) is 20.2 Å². The molecule has 2 heterocycles. The SMILES string of the molecule is CCN=C(NC1C2CCOC2C12CCCC2)N(C)Cc1ccsc1.I. The molecule has 4 nitrogen and oxygen atoms in total. The Morgan fingerprint density at radius 2 is 2.24 bits per heavy atom. The lowest BCUT2D eigenvalue weighted by atomic mass is 9.54. The van der Waals surface area contributed by atoms with Crippen molar-refractivity contribution in [1.29, 1.82) is 0 Å². The van der Waals surface area contributed by atoms with Crippen molar-refractivity contribution in [1.82, 2.24) is 10.2 Å². The molecule has 1 saturated heterocycles. The number of thiophene rings is 1. The molecule has 1 aromatic heterocycles. The van der Waals surface area contributed by atoms with Crippen molar-refractivity contribution in [3.63, 3.8) is 0 Å². The second kappa shape index (κ2) is 8.13. The number of guanidine groups is 1. The summed E-state index contributed by atoms with van der Waals surface area (Å²) >= 11 is 1.76. The maximum atomic E-state index is 6.12. The van der Waals surface area contributed by atoms with Gasteiger partial charge < -0.3 is 15.0 Å². The first-order valence-corrected chi connectivity index (χ1v) is 10.3. The fraction of sp³-hybridized carbons (Fsp3) is 0.737. The van der Waals surface area contributed by atoms with Gasteiger partial charge in [0.1, 0.15) is 0 Å². The quantitative estimate of drug-likeness (QED) is 0.405. The van der Waals surface area contributed by atoms with Crippen molar-refractivity contribution >= 4 is 41.3 Å². The van der Waals surface area contributed by atoms with Gasteiger partial charge in [-0.05, 0) is 48.6 Å². The van der Waals surface area contributed by atoms with Gasteiger partial charge in [-0.2, -0.15) is 11.3 Å². The molecule has 1 N–H and O–H groups in total. The molecule has 0 aromatic carbocycles. The summed E-state index contributed by atoms with van der Waals surface area (Å²) in [4.78, 5) is 7.06. The Balaban J connectivity index is 0.00000182. The molecule has 3 fully saturated rings. The lowest BCUT2D eigenvalue weighted by Gasteiger charge is -2.57. The maximum Gasteiger partial charge on any atom is 0.194 e. The van der Waals surface area contributed by atoms with E-state index in [1.807, 2.05) is 0 Å². The van der Waals surface area contributed by atoms with E-state index in [4.69, 9.17) is 9.73 Å². The molecule has 3 unspecified atom stereocenters. The van der Waals surface area contributed by atoms with Gasteiger partial charge in [0.25, 0.3) is 0 Å². The third kappa shape index (κ3) is 3.46. The topological polar surface area (TPSA) is 36.9 Å². The maximum absolute atomic E-state index is 6.12. The minimum atomic E-state index is 0. The molecule has 0 bridgehead atoms. The van der Waals surface area contributed by atoms with Crippen molar-refractivity contribution in [3.05, 3.63) is 22.4 Å². The van der Waals surface area contributed by atoms with Crippen molar-refractivity contribution < 1.29 is 4.74 Å². The Kier molecular flexibility index (Phi) is 6.31. The van der Waals surface area contributed by atoms with E-state index in [-0.39, 0.29) is 24.0 Å². The zero-order valence-corrected chi connectivity index (χ0v) is 18.4. The Morgan fingerprint density at radius 1 is 1.44 bits per heavy atom. The number of rotatable bonds is 4. The van der Waals surface area contributed by atoms with E-state index in [0.29, 0.717) is 23.5 Å². The summed E-state index contributed by atoms with van der Waals surface area (Å²) < 4.78 is 6.12. The number of hydrogen-bond donors (Lipinski definition) is 1. The van der Waals surface area contributed by atoms with Gasteiger partial charge in [0.05, 0.1) is 6.10 Å². The van der Waals surface area contributed by atoms with Gasteiger partial charge in [-0.3, -0.25) is 4.99 Å². The molecule has 4 rings (SSSR count). The normalized spacial score (nSPS) is 29.8. The molecule has 6 heteroatoms. The minimum absolute atomic E-state index is 0. The van der Waals surface area contributed by atoms with E-state index in [0.717, 1.165) is 25.7 Å². The second-order valence-corrected chi connectivity index (χ2v) is 8.37. The van der Waals surface area contributed by atoms with Gasteiger partial charge in [0, 0.05) is 44.1 Å². The fourth-order valence-corrected chi connectivity index (χ4v) is 5.86. The van der Waals surface area contributed by atoms with E-state index in [1.54, 1.807) is 11.3 Å². The number of fused-ring (bicyclic) bond motifs is 2. The minimum Gasteiger partial charge on any atom is -0.377 e. The average molecular weight is 475 g/mol. The lowest BCUT2D eigenvalue weighted by Crippen LogP contribution is -2.69. The van der Waals surface area contributed by atoms with Gasteiger partial charge >= 0.3 is 0 Å². The molecule has 1 aliphatic heterocycles. The van der Waals surface area contributed by atoms with Crippen LogP contribution in [0.25, 0.3) is 0 Å². The molecule has 2 aliphatic carbocycles. The first kappa shape index (κ1) is 19.4. The highest BCUT2D eigenvalue weighted by Gasteiger charge is 2.65. The zero-order valence-electron chi connectivity index (χ0n) is 15.2. The van der Waals surface area contributed by atoms with Crippen molar-refractivity contribution in [3.8, 4) is 0 Å². The fourth-order valence-electron chi connectivity index (χ4n) is 5.20. The van der Waals surface area contributed by atoms with Crippen LogP contribution in [0.3, 0.4) is 0 Å². The van der Waals surface area contributed by atoms with Crippen LogP contribution in [0.2, 0.25) is 0 Å². The number of hydrogen-bond acceptors (Lipinski definition) is 3. The standard InChI is InChI=1S/C19H29N3OS.HI/c1-3-20-18(22(2)12-14-7-11-24-13-14)21-16-15-6-10-23-17(15)19(16)8-4-5-9-19;/h7,11,13,15-17H,3-6,8-10,12H2,1-2H3,(H,20,21);1H. The molecule has 1 aromatic rings. The van der Waals surface area contributed by atoms with Crippen LogP contribution in [0, 0.1) is 11.3 Å². The number of halogens is 1. The van der Waals surface area contributed by atoms with Crippen LogP contribution in [0.4, 0.5) is 0 Å². The molecule has 140 valence electrons. The summed E-state index contributed by atoms with van der Waals surface area (Å²) in [5.41, 5.74) is 1.73. The van der Waals surface area contributed by atoms with Gasteiger partial charge in [-0.25, -0.2) is 0 Å². The summed E-state index contributed by atoms with van der Waals surface area (Å²) in [5.74, 6) is 1.74. The summed E-state index contributed by atoms with van der Waals surface area (Å²) in [6.07, 6.45) is 7.06. The average Bonchev–Trinajstić information content (AvgIpc) is 3.30. The van der Waals surface area contributed by atoms with Crippen molar-refractivity contribution in [2.45, 2.75) is 57.7 Å². The molecule has 3 aliphatic rings. The van der Waals surface area contributed by atoms with Gasteiger partial charge in [0.2, 0.25) is 0 Å². The Morgan fingerprint density at radius 3 is 2.92 bits per heavy atom. The molecular formula is C19H30IN3OS.